The maximum absolute atomic E-state index is 13.4. The van der Waals surface area contributed by atoms with E-state index in [-0.39, 0.29) is 17.6 Å². The van der Waals surface area contributed by atoms with Crippen LogP contribution in [0.4, 0.5) is 4.39 Å². The normalized spacial score (nSPS) is 19.9. The van der Waals surface area contributed by atoms with Gasteiger partial charge in [-0.2, -0.15) is 0 Å². The Morgan fingerprint density at radius 1 is 0.974 bits per heavy atom. The van der Waals surface area contributed by atoms with Crippen molar-refractivity contribution in [1.29, 1.82) is 0 Å². The number of nitrogens with zero attached hydrogens (tertiary/aromatic N) is 4. The van der Waals surface area contributed by atoms with Crippen LogP contribution in [0.15, 0.2) is 67.3 Å². The van der Waals surface area contributed by atoms with E-state index >= 15 is 0 Å². The summed E-state index contributed by atoms with van der Waals surface area (Å²) in [4.78, 5) is 38.8. The van der Waals surface area contributed by atoms with Crippen molar-refractivity contribution < 1.29 is 14.0 Å². The number of hydrogen-bond donors (Lipinski definition) is 2. The quantitative estimate of drug-likeness (QED) is 0.392. The smallest absolute Gasteiger partial charge is 0.251 e. The van der Waals surface area contributed by atoms with E-state index in [0.29, 0.717) is 37.0 Å². The van der Waals surface area contributed by atoms with E-state index in [1.165, 1.54) is 18.5 Å². The molecule has 0 bridgehead atoms. The third kappa shape index (κ3) is 7.04. The van der Waals surface area contributed by atoms with E-state index in [1.807, 2.05) is 29.2 Å². The fourth-order valence-electron chi connectivity index (χ4n) is 5.10. The van der Waals surface area contributed by atoms with Gasteiger partial charge in [-0.05, 0) is 68.2 Å². The van der Waals surface area contributed by atoms with E-state index in [2.05, 4.69) is 32.5 Å². The first-order chi connectivity index (χ1) is 19.0. The van der Waals surface area contributed by atoms with Crippen molar-refractivity contribution in [2.45, 2.75) is 37.3 Å². The van der Waals surface area contributed by atoms with E-state index < -0.39 is 6.04 Å². The van der Waals surface area contributed by atoms with Gasteiger partial charge < -0.3 is 20.4 Å². The number of likely N-dealkylation sites (N-methyl/N-ethyl adjacent to an activating group) is 1. The SMILES string of the molecule is CN1CCN(C(=O)[C@H](CCCN[C@@H]2C[C@H]2c2ccc(F)cc2)NC(=O)c2ccc(-c3cncnc3)cc2)CC1. The monoisotopic (exact) mass is 530 g/mol. The molecule has 1 saturated carbocycles. The Balaban J connectivity index is 1.17. The molecule has 2 amide bonds. The average Bonchev–Trinajstić information content (AvgIpc) is 3.75. The van der Waals surface area contributed by atoms with E-state index in [9.17, 15) is 14.0 Å². The number of halogens is 1. The molecule has 2 fully saturated rings. The zero-order valence-electron chi connectivity index (χ0n) is 22.2. The number of carbonyl (C=O) groups is 2. The predicted molar refractivity (Wildman–Crippen MR) is 148 cm³/mol. The molecule has 9 heteroatoms. The molecule has 39 heavy (non-hydrogen) atoms. The summed E-state index contributed by atoms with van der Waals surface area (Å²) in [6.07, 6.45) is 7.26. The number of piperazine rings is 1. The molecule has 0 unspecified atom stereocenters. The Hall–Kier alpha value is -3.69. The van der Waals surface area contributed by atoms with Gasteiger partial charge >= 0.3 is 0 Å². The third-order valence-corrected chi connectivity index (χ3v) is 7.62. The van der Waals surface area contributed by atoms with Crippen LogP contribution in [0, 0.1) is 5.82 Å². The molecule has 5 rings (SSSR count). The molecule has 1 aliphatic heterocycles. The van der Waals surface area contributed by atoms with Crippen LogP contribution in [0.3, 0.4) is 0 Å². The summed E-state index contributed by atoms with van der Waals surface area (Å²) in [6, 6.07) is 13.7. The van der Waals surface area contributed by atoms with Crippen LogP contribution >= 0.6 is 0 Å². The fraction of sp³-hybridized carbons (Fsp3) is 0.400. The van der Waals surface area contributed by atoms with Gasteiger partial charge in [0.15, 0.2) is 0 Å². The molecule has 0 radical (unpaired) electrons. The van der Waals surface area contributed by atoms with Crippen molar-refractivity contribution in [3.63, 3.8) is 0 Å². The summed E-state index contributed by atoms with van der Waals surface area (Å²) in [6.45, 7) is 3.72. The van der Waals surface area contributed by atoms with Gasteiger partial charge in [-0.25, -0.2) is 14.4 Å². The molecule has 1 aromatic heterocycles. The molecule has 3 atom stereocenters. The van der Waals surface area contributed by atoms with E-state index in [0.717, 1.165) is 49.2 Å². The highest BCUT2D eigenvalue weighted by Crippen LogP contribution is 2.40. The minimum atomic E-state index is -0.586. The Bertz CT molecular complexity index is 1250. The van der Waals surface area contributed by atoms with Gasteiger partial charge in [0, 0.05) is 61.7 Å². The highest BCUT2D eigenvalue weighted by molar-refractivity contribution is 5.97. The van der Waals surface area contributed by atoms with Gasteiger partial charge in [-0.3, -0.25) is 9.59 Å². The Morgan fingerprint density at radius 3 is 2.36 bits per heavy atom. The van der Waals surface area contributed by atoms with Crippen LogP contribution in [0.25, 0.3) is 11.1 Å². The minimum Gasteiger partial charge on any atom is -0.340 e. The average molecular weight is 531 g/mol. The van der Waals surface area contributed by atoms with Crippen LogP contribution in [-0.4, -0.2) is 83.4 Å². The Morgan fingerprint density at radius 2 is 1.67 bits per heavy atom. The molecule has 1 aliphatic carbocycles. The first-order valence-corrected chi connectivity index (χ1v) is 13.6. The van der Waals surface area contributed by atoms with Crippen molar-refractivity contribution in [1.82, 2.24) is 30.4 Å². The van der Waals surface area contributed by atoms with Gasteiger partial charge in [0.2, 0.25) is 5.91 Å². The van der Waals surface area contributed by atoms with Gasteiger partial charge in [0.1, 0.15) is 18.2 Å². The Labute approximate surface area is 228 Å². The van der Waals surface area contributed by atoms with Crippen molar-refractivity contribution >= 4 is 11.8 Å². The van der Waals surface area contributed by atoms with Crippen molar-refractivity contribution in [3.8, 4) is 11.1 Å². The summed E-state index contributed by atoms with van der Waals surface area (Å²) in [5.74, 6) is -0.0998. The zero-order chi connectivity index (χ0) is 27.2. The highest BCUT2D eigenvalue weighted by atomic mass is 19.1. The number of aromatic nitrogens is 2. The topological polar surface area (TPSA) is 90.5 Å². The first kappa shape index (κ1) is 26.9. The van der Waals surface area contributed by atoms with E-state index in [1.54, 1.807) is 24.5 Å². The summed E-state index contributed by atoms with van der Waals surface area (Å²) < 4.78 is 13.2. The molecule has 2 heterocycles. The van der Waals surface area contributed by atoms with Crippen LogP contribution < -0.4 is 10.6 Å². The largest absolute Gasteiger partial charge is 0.340 e. The summed E-state index contributed by atoms with van der Waals surface area (Å²) in [5, 5.41) is 6.57. The lowest BCUT2D eigenvalue weighted by Gasteiger charge is -2.34. The maximum Gasteiger partial charge on any atom is 0.251 e. The maximum atomic E-state index is 13.4. The standard InChI is InChI=1S/C30H35FN6O2/c1-36-13-15-37(16-14-36)30(39)27(3-2-12-34-28-17-26(28)22-8-10-25(31)11-9-22)35-29(38)23-6-4-21(5-7-23)24-18-32-20-33-19-24/h4-11,18-20,26-28,34H,2-3,12-17H2,1H3,(H,35,38)/t26-,27-,28+/m0/s1. The van der Waals surface area contributed by atoms with Gasteiger partial charge in [0.05, 0.1) is 0 Å². The lowest BCUT2D eigenvalue weighted by molar-refractivity contribution is -0.135. The molecule has 2 aromatic carbocycles. The molecule has 8 nitrogen and oxygen atoms in total. The number of amides is 2. The van der Waals surface area contributed by atoms with Crippen LogP contribution in [0.5, 0.6) is 0 Å². The van der Waals surface area contributed by atoms with Gasteiger partial charge in [-0.15, -0.1) is 0 Å². The number of carbonyl (C=O) groups excluding carboxylic acids is 2. The minimum absolute atomic E-state index is 0.0230. The summed E-state index contributed by atoms with van der Waals surface area (Å²) in [5.41, 5.74) is 3.44. The third-order valence-electron chi connectivity index (χ3n) is 7.62. The van der Waals surface area contributed by atoms with Crippen molar-refractivity contribution in [3.05, 3.63) is 84.2 Å². The number of hydrogen-bond acceptors (Lipinski definition) is 6. The fourth-order valence-corrected chi connectivity index (χ4v) is 5.10. The second-order valence-corrected chi connectivity index (χ2v) is 10.5. The van der Waals surface area contributed by atoms with Crippen molar-refractivity contribution in [2.75, 3.05) is 39.8 Å². The molecule has 2 N–H and O–H groups in total. The number of nitrogens with one attached hydrogen (secondary N) is 2. The predicted octanol–water partition coefficient (Wildman–Crippen LogP) is 3.08. The van der Waals surface area contributed by atoms with Crippen LogP contribution in [-0.2, 0) is 4.79 Å². The zero-order valence-corrected chi connectivity index (χ0v) is 22.2. The second kappa shape index (κ2) is 12.4. The molecular weight excluding hydrogens is 495 g/mol. The van der Waals surface area contributed by atoms with Crippen LogP contribution in [0.2, 0.25) is 0 Å². The molecule has 204 valence electrons. The first-order valence-electron chi connectivity index (χ1n) is 13.6. The molecular formula is C30H35FN6O2. The number of rotatable bonds is 10. The molecule has 3 aromatic rings. The van der Waals surface area contributed by atoms with Gasteiger partial charge in [-0.1, -0.05) is 24.3 Å². The lowest BCUT2D eigenvalue weighted by Crippen LogP contribution is -2.54. The van der Waals surface area contributed by atoms with Gasteiger partial charge in [0.25, 0.3) is 5.91 Å². The molecule has 0 spiro atoms. The second-order valence-electron chi connectivity index (χ2n) is 10.5. The lowest BCUT2D eigenvalue weighted by atomic mass is 10.0. The summed E-state index contributed by atoms with van der Waals surface area (Å²) >= 11 is 0. The van der Waals surface area contributed by atoms with E-state index in [4.69, 9.17) is 0 Å². The number of benzene rings is 2. The Kier molecular flexibility index (Phi) is 8.58. The van der Waals surface area contributed by atoms with Crippen molar-refractivity contribution in [2.24, 2.45) is 0 Å². The highest BCUT2D eigenvalue weighted by Gasteiger charge is 2.37. The molecule has 2 aliphatic rings. The van der Waals surface area contributed by atoms with Crippen LogP contribution in [0.1, 0.15) is 41.1 Å². The summed E-state index contributed by atoms with van der Waals surface area (Å²) in [7, 11) is 2.05. The molecule has 1 saturated heterocycles.